The maximum Gasteiger partial charge on any atom is 0.182 e. The van der Waals surface area contributed by atoms with Gasteiger partial charge in [-0.05, 0) is 0 Å². The Kier molecular flexibility index (Phi) is 2.91. The topological polar surface area (TPSA) is 64.8 Å². The lowest BCUT2D eigenvalue weighted by molar-refractivity contribution is 0.0896. The molecule has 0 aliphatic rings. The fraction of sp³-hybridized carbons (Fsp3) is 0.200. The van der Waals surface area contributed by atoms with Gasteiger partial charge in [0.05, 0.1) is 28.6 Å². The standard InChI is InChI=1S/C10H9N3O2S/c1-13-5-7(3-12-13)8(14)2-9(15)10-4-11-6-16-10/h3-6H,2H2,1H3. The van der Waals surface area contributed by atoms with Gasteiger partial charge in [0.15, 0.2) is 11.6 Å². The summed E-state index contributed by atoms with van der Waals surface area (Å²) in [5, 5.41) is 3.88. The Bertz CT molecular complexity index is 516. The average molecular weight is 235 g/mol. The molecule has 0 saturated carbocycles. The zero-order valence-electron chi connectivity index (χ0n) is 8.58. The van der Waals surface area contributed by atoms with Crippen LogP contribution in [-0.2, 0) is 7.05 Å². The Morgan fingerprint density at radius 3 is 2.75 bits per heavy atom. The molecular formula is C10H9N3O2S. The number of carbonyl (C=O) groups is 2. The van der Waals surface area contributed by atoms with E-state index in [9.17, 15) is 9.59 Å². The molecule has 16 heavy (non-hydrogen) atoms. The lowest BCUT2D eigenvalue weighted by Gasteiger charge is -1.94. The summed E-state index contributed by atoms with van der Waals surface area (Å²) in [5.74, 6) is -0.414. The van der Waals surface area contributed by atoms with E-state index in [2.05, 4.69) is 10.1 Å². The van der Waals surface area contributed by atoms with Gasteiger partial charge in [-0.15, -0.1) is 11.3 Å². The molecule has 0 saturated heterocycles. The Balaban J connectivity index is 2.06. The number of thiazole rings is 1. The highest BCUT2D eigenvalue weighted by molar-refractivity contribution is 7.11. The molecule has 0 N–H and O–H groups in total. The maximum atomic E-state index is 11.7. The van der Waals surface area contributed by atoms with Crippen molar-refractivity contribution in [3.63, 3.8) is 0 Å². The molecule has 0 aliphatic carbocycles. The molecule has 0 radical (unpaired) electrons. The molecule has 2 rings (SSSR count). The Morgan fingerprint density at radius 2 is 2.19 bits per heavy atom. The normalized spacial score (nSPS) is 10.3. The van der Waals surface area contributed by atoms with Gasteiger partial charge in [-0.1, -0.05) is 0 Å². The minimum Gasteiger partial charge on any atom is -0.294 e. The van der Waals surface area contributed by atoms with Crippen molar-refractivity contribution in [2.75, 3.05) is 0 Å². The van der Waals surface area contributed by atoms with Crippen LogP contribution in [0.5, 0.6) is 0 Å². The monoisotopic (exact) mass is 235 g/mol. The van der Waals surface area contributed by atoms with Crippen LogP contribution in [0.25, 0.3) is 0 Å². The summed E-state index contributed by atoms with van der Waals surface area (Å²) in [7, 11) is 1.72. The lowest BCUT2D eigenvalue weighted by Crippen LogP contribution is -2.06. The molecule has 0 fully saturated rings. The van der Waals surface area contributed by atoms with Crippen molar-refractivity contribution in [2.24, 2.45) is 7.05 Å². The number of rotatable bonds is 4. The molecule has 0 amide bonds. The van der Waals surface area contributed by atoms with Crippen molar-refractivity contribution in [1.29, 1.82) is 0 Å². The molecule has 2 aromatic heterocycles. The first-order valence-corrected chi connectivity index (χ1v) is 5.48. The highest BCUT2D eigenvalue weighted by Crippen LogP contribution is 2.11. The summed E-state index contributed by atoms with van der Waals surface area (Å²) in [4.78, 5) is 27.6. The molecule has 0 atom stereocenters. The maximum absolute atomic E-state index is 11.7. The third kappa shape index (κ3) is 2.22. The second-order valence-electron chi connectivity index (χ2n) is 3.29. The van der Waals surface area contributed by atoms with E-state index in [4.69, 9.17) is 0 Å². The van der Waals surface area contributed by atoms with E-state index in [1.54, 1.807) is 18.8 Å². The molecule has 0 bridgehead atoms. The number of hydrogen-bond acceptors (Lipinski definition) is 5. The van der Waals surface area contributed by atoms with E-state index >= 15 is 0 Å². The van der Waals surface area contributed by atoms with Gasteiger partial charge >= 0.3 is 0 Å². The number of Topliss-reactive ketones (excluding diaryl/α,β-unsaturated/α-hetero) is 2. The van der Waals surface area contributed by atoms with Crippen LogP contribution in [0.3, 0.4) is 0 Å². The van der Waals surface area contributed by atoms with Crippen molar-refractivity contribution in [1.82, 2.24) is 14.8 Å². The number of nitrogens with zero attached hydrogens (tertiary/aromatic N) is 3. The number of aromatic nitrogens is 3. The first-order chi connectivity index (χ1) is 7.66. The second-order valence-corrected chi connectivity index (χ2v) is 4.18. The van der Waals surface area contributed by atoms with E-state index in [1.165, 1.54) is 28.4 Å². The fourth-order valence-electron chi connectivity index (χ4n) is 1.25. The molecule has 0 spiro atoms. The van der Waals surface area contributed by atoms with Crippen LogP contribution in [-0.4, -0.2) is 26.3 Å². The van der Waals surface area contributed by atoms with Crippen molar-refractivity contribution in [3.05, 3.63) is 34.5 Å². The van der Waals surface area contributed by atoms with Crippen molar-refractivity contribution >= 4 is 22.9 Å². The third-order valence-corrected chi connectivity index (χ3v) is 2.87. The van der Waals surface area contributed by atoms with E-state index in [0.717, 1.165) is 0 Å². The summed E-state index contributed by atoms with van der Waals surface area (Å²) < 4.78 is 1.53. The van der Waals surface area contributed by atoms with Crippen LogP contribution in [0.1, 0.15) is 26.5 Å². The zero-order valence-corrected chi connectivity index (χ0v) is 9.40. The summed E-state index contributed by atoms with van der Waals surface area (Å²) in [5.41, 5.74) is 2.03. The number of hydrogen-bond donors (Lipinski definition) is 0. The van der Waals surface area contributed by atoms with Gasteiger partial charge in [-0.25, -0.2) is 0 Å². The number of carbonyl (C=O) groups excluding carboxylic acids is 2. The van der Waals surface area contributed by atoms with Gasteiger partial charge in [0.25, 0.3) is 0 Å². The smallest absolute Gasteiger partial charge is 0.182 e. The van der Waals surface area contributed by atoms with Gasteiger partial charge in [0, 0.05) is 19.4 Å². The summed E-state index contributed by atoms with van der Waals surface area (Å²) in [6, 6.07) is 0. The van der Waals surface area contributed by atoms with Gasteiger partial charge in [0.2, 0.25) is 0 Å². The quantitative estimate of drug-likeness (QED) is 0.592. The first kappa shape index (κ1) is 10.7. The first-order valence-electron chi connectivity index (χ1n) is 4.60. The van der Waals surface area contributed by atoms with E-state index in [-0.39, 0.29) is 18.0 Å². The van der Waals surface area contributed by atoms with Crippen LogP contribution < -0.4 is 0 Å². The molecule has 0 aliphatic heterocycles. The van der Waals surface area contributed by atoms with E-state index in [0.29, 0.717) is 10.4 Å². The van der Waals surface area contributed by atoms with Crippen LogP contribution in [0.2, 0.25) is 0 Å². The SMILES string of the molecule is Cn1cc(C(=O)CC(=O)c2cncs2)cn1. The predicted octanol–water partition coefficient (Wildman–Crippen LogP) is 1.33. The highest BCUT2D eigenvalue weighted by atomic mass is 32.1. The Hall–Kier alpha value is -1.82. The number of aryl methyl sites for hydroxylation is 1. The predicted molar refractivity (Wildman–Crippen MR) is 58.6 cm³/mol. The molecule has 0 aromatic carbocycles. The fourth-order valence-corrected chi connectivity index (χ4v) is 1.81. The highest BCUT2D eigenvalue weighted by Gasteiger charge is 2.15. The van der Waals surface area contributed by atoms with Crippen molar-refractivity contribution in [3.8, 4) is 0 Å². The van der Waals surface area contributed by atoms with Crippen LogP contribution in [0.4, 0.5) is 0 Å². The summed E-state index contributed by atoms with van der Waals surface area (Å²) in [6.45, 7) is 0. The summed E-state index contributed by atoms with van der Waals surface area (Å²) >= 11 is 1.24. The van der Waals surface area contributed by atoms with E-state index < -0.39 is 0 Å². The van der Waals surface area contributed by atoms with Gasteiger partial charge in [-0.3, -0.25) is 19.3 Å². The second kappa shape index (κ2) is 4.36. The lowest BCUT2D eigenvalue weighted by atomic mass is 10.1. The minimum atomic E-state index is -0.216. The summed E-state index contributed by atoms with van der Waals surface area (Å²) in [6.07, 6.45) is 4.40. The van der Waals surface area contributed by atoms with Crippen molar-refractivity contribution < 1.29 is 9.59 Å². The van der Waals surface area contributed by atoms with Crippen molar-refractivity contribution in [2.45, 2.75) is 6.42 Å². The minimum absolute atomic E-state index is 0.131. The molecule has 2 heterocycles. The van der Waals surface area contributed by atoms with Crippen LogP contribution >= 0.6 is 11.3 Å². The van der Waals surface area contributed by atoms with Crippen LogP contribution in [0.15, 0.2) is 24.1 Å². The Morgan fingerprint density at radius 1 is 1.38 bits per heavy atom. The third-order valence-electron chi connectivity index (χ3n) is 2.06. The molecule has 0 unspecified atom stereocenters. The van der Waals surface area contributed by atoms with Gasteiger partial charge in [-0.2, -0.15) is 5.10 Å². The van der Waals surface area contributed by atoms with Gasteiger partial charge in [0.1, 0.15) is 0 Å². The molecule has 82 valence electrons. The zero-order chi connectivity index (χ0) is 11.5. The largest absolute Gasteiger partial charge is 0.294 e. The molecule has 6 heteroatoms. The van der Waals surface area contributed by atoms with E-state index in [1.807, 2.05) is 0 Å². The average Bonchev–Trinajstić information content (AvgIpc) is 2.87. The van der Waals surface area contributed by atoms with Gasteiger partial charge < -0.3 is 0 Å². The molecule has 2 aromatic rings. The Labute approximate surface area is 95.7 Å². The van der Waals surface area contributed by atoms with Crippen LogP contribution in [0, 0.1) is 0 Å². The molecular weight excluding hydrogens is 226 g/mol. The number of ketones is 2. The molecule has 5 nitrogen and oxygen atoms in total.